The van der Waals surface area contributed by atoms with Crippen LogP contribution in [0.5, 0.6) is 0 Å². The van der Waals surface area contributed by atoms with Crippen LogP contribution in [0.4, 0.5) is 0 Å². The molecule has 0 spiro atoms. The van der Waals surface area contributed by atoms with E-state index in [1.807, 2.05) is 7.05 Å². The summed E-state index contributed by atoms with van der Waals surface area (Å²) in [6, 6.07) is 6.41. The molecule has 0 amide bonds. The lowest BCUT2D eigenvalue weighted by molar-refractivity contribution is 0.421. The van der Waals surface area contributed by atoms with Crippen molar-refractivity contribution in [2.45, 2.75) is 26.7 Å². The second kappa shape index (κ2) is 6.94. The molecule has 6 heteroatoms. The molecular formula is C16H21ClN4O. The number of aromatic amines is 1. The number of H-pyrrole nitrogens is 1. The predicted octanol–water partition coefficient (Wildman–Crippen LogP) is 3.27. The SMILES string of the molecule is CCc1c(-c2nc(CCNC)no2)[nH]c2ccc(C)cc12.Cl. The lowest BCUT2D eigenvalue weighted by Crippen LogP contribution is -2.11. The molecule has 0 bridgehead atoms. The van der Waals surface area contributed by atoms with Gasteiger partial charge in [0.05, 0.1) is 0 Å². The van der Waals surface area contributed by atoms with E-state index in [0.717, 1.165) is 36.4 Å². The molecule has 0 fully saturated rings. The highest BCUT2D eigenvalue weighted by molar-refractivity contribution is 5.90. The number of fused-ring (bicyclic) bond motifs is 1. The number of benzene rings is 1. The van der Waals surface area contributed by atoms with Gasteiger partial charge in [0.15, 0.2) is 5.82 Å². The maximum absolute atomic E-state index is 5.43. The Morgan fingerprint density at radius 3 is 2.86 bits per heavy atom. The summed E-state index contributed by atoms with van der Waals surface area (Å²) >= 11 is 0. The smallest absolute Gasteiger partial charge is 0.274 e. The molecule has 0 saturated heterocycles. The van der Waals surface area contributed by atoms with Crippen LogP contribution < -0.4 is 5.32 Å². The van der Waals surface area contributed by atoms with Gasteiger partial charge in [0.1, 0.15) is 5.69 Å². The second-order valence-electron chi connectivity index (χ2n) is 5.25. The molecule has 0 aliphatic rings. The van der Waals surface area contributed by atoms with Gasteiger partial charge in [-0.25, -0.2) is 0 Å². The van der Waals surface area contributed by atoms with Crippen LogP contribution in [0.1, 0.15) is 23.9 Å². The molecule has 3 rings (SSSR count). The molecule has 2 N–H and O–H groups in total. The van der Waals surface area contributed by atoms with E-state index in [9.17, 15) is 0 Å². The zero-order valence-electron chi connectivity index (χ0n) is 13.1. The van der Waals surface area contributed by atoms with Gasteiger partial charge in [0.2, 0.25) is 0 Å². The molecule has 0 aliphatic carbocycles. The van der Waals surface area contributed by atoms with E-state index in [1.165, 1.54) is 16.5 Å². The van der Waals surface area contributed by atoms with Gasteiger partial charge in [-0.15, -0.1) is 12.4 Å². The van der Waals surface area contributed by atoms with E-state index in [-0.39, 0.29) is 12.4 Å². The van der Waals surface area contributed by atoms with Crippen molar-refractivity contribution in [1.29, 1.82) is 0 Å². The third kappa shape index (κ3) is 3.00. The minimum atomic E-state index is 0. The fraction of sp³-hybridized carbons (Fsp3) is 0.375. The summed E-state index contributed by atoms with van der Waals surface area (Å²) in [5, 5.41) is 8.37. The lowest BCUT2D eigenvalue weighted by atomic mass is 10.1. The van der Waals surface area contributed by atoms with Gasteiger partial charge in [-0.2, -0.15) is 4.98 Å². The molecule has 3 aromatic rings. The van der Waals surface area contributed by atoms with Gasteiger partial charge >= 0.3 is 0 Å². The van der Waals surface area contributed by atoms with Gasteiger partial charge in [-0.3, -0.25) is 0 Å². The molecule has 1 aromatic carbocycles. The first kappa shape index (κ1) is 16.5. The molecule has 5 nitrogen and oxygen atoms in total. The number of nitrogens with one attached hydrogen (secondary N) is 2. The normalized spacial score (nSPS) is 10.9. The van der Waals surface area contributed by atoms with Crippen LogP contribution >= 0.6 is 12.4 Å². The van der Waals surface area contributed by atoms with Crippen LogP contribution in [-0.4, -0.2) is 28.7 Å². The van der Waals surface area contributed by atoms with Crippen molar-refractivity contribution in [3.63, 3.8) is 0 Å². The maximum Gasteiger partial charge on any atom is 0.274 e. The maximum atomic E-state index is 5.43. The number of hydrogen-bond acceptors (Lipinski definition) is 4. The zero-order chi connectivity index (χ0) is 14.8. The first-order valence-corrected chi connectivity index (χ1v) is 7.31. The minimum Gasteiger partial charge on any atom is -0.350 e. The third-order valence-corrected chi connectivity index (χ3v) is 3.70. The Kier molecular flexibility index (Phi) is 5.21. The Labute approximate surface area is 135 Å². The topological polar surface area (TPSA) is 66.7 Å². The van der Waals surface area contributed by atoms with Crippen molar-refractivity contribution >= 4 is 23.3 Å². The van der Waals surface area contributed by atoms with Gasteiger partial charge in [-0.05, 0) is 38.1 Å². The fourth-order valence-corrected chi connectivity index (χ4v) is 2.61. The van der Waals surface area contributed by atoms with Gasteiger partial charge in [-0.1, -0.05) is 23.7 Å². The molecule has 2 heterocycles. The fourth-order valence-electron chi connectivity index (χ4n) is 2.61. The summed E-state index contributed by atoms with van der Waals surface area (Å²) < 4.78 is 5.43. The zero-order valence-corrected chi connectivity index (χ0v) is 13.9. The van der Waals surface area contributed by atoms with Crippen molar-refractivity contribution in [3.8, 4) is 11.6 Å². The van der Waals surface area contributed by atoms with E-state index in [1.54, 1.807) is 0 Å². The van der Waals surface area contributed by atoms with Crippen LogP contribution in [0.15, 0.2) is 22.7 Å². The number of aromatic nitrogens is 3. The van der Waals surface area contributed by atoms with Crippen molar-refractivity contribution in [2.75, 3.05) is 13.6 Å². The third-order valence-electron chi connectivity index (χ3n) is 3.70. The van der Waals surface area contributed by atoms with Crippen LogP contribution in [0.3, 0.4) is 0 Å². The monoisotopic (exact) mass is 320 g/mol. The average molecular weight is 321 g/mol. The standard InChI is InChI=1S/C16H20N4O.ClH/c1-4-11-12-9-10(2)5-6-13(12)18-15(11)16-19-14(20-21-16)7-8-17-3;/h5-6,9,17-18H,4,7-8H2,1-3H3;1H. The summed E-state index contributed by atoms with van der Waals surface area (Å²) in [6.45, 7) is 5.09. The van der Waals surface area contributed by atoms with Crippen LogP contribution in [0, 0.1) is 6.92 Å². The molecule has 0 aliphatic heterocycles. The van der Waals surface area contributed by atoms with Crippen LogP contribution in [0.25, 0.3) is 22.5 Å². The highest BCUT2D eigenvalue weighted by atomic mass is 35.5. The van der Waals surface area contributed by atoms with E-state index in [2.05, 4.69) is 52.5 Å². The number of aryl methyl sites for hydroxylation is 2. The molecule has 118 valence electrons. The molecule has 0 unspecified atom stereocenters. The van der Waals surface area contributed by atoms with E-state index >= 15 is 0 Å². The highest BCUT2D eigenvalue weighted by Crippen LogP contribution is 2.30. The van der Waals surface area contributed by atoms with Crippen LogP contribution in [0.2, 0.25) is 0 Å². The highest BCUT2D eigenvalue weighted by Gasteiger charge is 2.17. The number of nitrogens with zero attached hydrogens (tertiary/aromatic N) is 2. The molecule has 2 aromatic heterocycles. The molecule has 0 radical (unpaired) electrons. The van der Waals surface area contributed by atoms with Crippen molar-refractivity contribution in [3.05, 3.63) is 35.2 Å². The van der Waals surface area contributed by atoms with E-state index < -0.39 is 0 Å². The Hall–Kier alpha value is -1.85. The summed E-state index contributed by atoms with van der Waals surface area (Å²) in [7, 11) is 1.91. The first-order chi connectivity index (χ1) is 10.2. The largest absolute Gasteiger partial charge is 0.350 e. The quantitative estimate of drug-likeness (QED) is 0.757. The number of hydrogen-bond donors (Lipinski definition) is 2. The first-order valence-electron chi connectivity index (χ1n) is 7.31. The Morgan fingerprint density at radius 1 is 1.32 bits per heavy atom. The molecule has 22 heavy (non-hydrogen) atoms. The Balaban J connectivity index is 0.00000176. The molecule has 0 atom stereocenters. The molecular weight excluding hydrogens is 300 g/mol. The number of likely N-dealkylation sites (N-methyl/N-ethyl adjacent to an activating group) is 1. The summed E-state index contributed by atoms with van der Waals surface area (Å²) in [4.78, 5) is 7.91. The summed E-state index contributed by atoms with van der Waals surface area (Å²) in [6.07, 6.45) is 1.69. The van der Waals surface area contributed by atoms with E-state index in [4.69, 9.17) is 4.52 Å². The van der Waals surface area contributed by atoms with Gasteiger partial charge in [0, 0.05) is 23.9 Å². The Bertz CT molecular complexity index is 763. The van der Waals surface area contributed by atoms with Gasteiger partial charge in [0.25, 0.3) is 5.89 Å². The second-order valence-corrected chi connectivity index (χ2v) is 5.25. The minimum absolute atomic E-state index is 0. The number of rotatable bonds is 5. The summed E-state index contributed by atoms with van der Waals surface area (Å²) in [5.74, 6) is 1.31. The lowest BCUT2D eigenvalue weighted by Gasteiger charge is -1.97. The van der Waals surface area contributed by atoms with Crippen LogP contribution in [-0.2, 0) is 12.8 Å². The predicted molar refractivity (Wildman–Crippen MR) is 90.6 cm³/mol. The molecule has 0 saturated carbocycles. The Morgan fingerprint density at radius 2 is 2.14 bits per heavy atom. The van der Waals surface area contributed by atoms with Crippen molar-refractivity contribution in [2.24, 2.45) is 0 Å². The van der Waals surface area contributed by atoms with E-state index in [0.29, 0.717) is 5.89 Å². The summed E-state index contributed by atoms with van der Waals surface area (Å²) in [5.41, 5.74) is 4.55. The average Bonchev–Trinajstić information content (AvgIpc) is 3.08. The van der Waals surface area contributed by atoms with Crippen molar-refractivity contribution in [1.82, 2.24) is 20.4 Å². The van der Waals surface area contributed by atoms with Gasteiger partial charge < -0.3 is 14.8 Å². The van der Waals surface area contributed by atoms with Crippen molar-refractivity contribution < 1.29 is 4.52 Å². The number of halogens is 1.